The Labute approximate surface area is 159 Å². The summed E-state index contributed by atoms with van der Waals surface area (Å²) in [6, 6.07) is 4.48. The molecule has 2 aliphatic rings. The van der Waals surface area contributed by atoms with Crippen LogP contribution in [0.25, 0.3) is 0 Å². The van der Waals surface area contributed by atoms with Gasteiger partial charge in [-0.1, -0.05) is 11.6 Å². The number of halogens is 2. The fraction of sp³-hybridized carbons (Fsp3) is 0.562. The lowest BCUT2D eigenvalue weighted by atomic mass is 9.73. The van der Waals surface area contributed by atoms with Crippen LogP contribution >= 0.6 is 24.0 Å². The summed E-state index contributed by atoms with van der Waals surface area (Å²) in [4.78, 5) is 14.0. The minimum atomic E-state index is -3.36. The molecule has 6 nitrogen and oxygen atoms in total. The number of nitrogens with zero attached hydrogens (tertiary/aromatic N) is 1. The number of ether oxygens (including phenoxy) is 1. The molecule has 0 radical (unpaired) electrons. The fourth-order valence-electron chi connectivity index (χ4n) is 3.15. The van der Waals surface area contributed by atoms with Crippen LogP contribution in [0.15, 0.2) is 23.1 Å². The van der Waals surface area contributed by atoms with E-state index in [1.54, 1.807) is 11.0 Å². The lowest BCUT2D eigenvalue weighted by molar-refractivity contribution is 0.0384. The second kappa shape index (κ2) is 7.70. The van der Waals surface area contributed by atoms with Crippen LogP contribution in [0.3, 0.4) is 0 Å². The summed E-state index contributed by atoms with van der Waals surface area (Å²) in [6.45, 7) is 3.47. The molecule has 0 saturated carbocycles. The standard InChI is InChI=1S/C16H21ClN2O4S.ClH/c1-24(21,22)14-7-12(6-13(17)8-14)9-23-15(20)19-4-2-16(3-5-19)10-18-11-16;/h6-8,18H,2-5,9-11H2,1H3;1H. The lowest BCUT2D eigenvalue weighted by Gasteiger charge is -2.48. The van der Waals surface area contributed by atoms with Gasteiger partial charge in [0.1, 0.15) is 6.61 Å². The van der Waals surface area contributed by atoms with Gasteiger partial charge in [-0.15, -0.1) is 12.4 Å². The SMILES string of the molecule is CS(=O)(=O)c1cc(Cl)cc(COC(=O)N2CCC3(CC2)CNC3)c1.Cl. The van der Waals surface area contributed by atoms with Gasteiger partial charge in [0.05, 0.1) is 4.90 Å². The zero-order chi connectivity index (χ0) is 17.4. The average molecular weight is 409 g/mol. The number of likely N-dealkylation sites (tertiary alicyclic amines) is 1. The lowest BCUT2D eigenvalue weighted by Crippen LogP contribution is -2.58. The fourth-order valence-corrected chi connectivity index (χ4v) is 4.18. The number of hydrogen-bond donors (Lipinski definition) is 1. The normalized spacial score (nSPS) is 19.0. The average Bonchev–Trinajstić information content (AvgIpc) is 2.50. The van der Waals surface area contributed by atoms with Crippen LogP contribution < -0.4 is 5.32 Å². The van der Waals surface area contributed by atoms with E-state index in [0.29, 0.717) is 29.1 Å². The quantitative estimate of drug-likeness (QED) is 0.830. The first-order chi connectivity index (χ1) is 11.3. The number of carbonyl (C=O) groups is 1. The molecule has 25 heavy (non-hydrogen) atoms. The van der Waals surface area contributed by atoms with Gasteiger partial charge in [0.25, 0.3) is 0 Å². The zero-order valence-electron chi connectivity index (χ0n) is 14.0. The van der Waals surface area contributed by atoms with E-state index in [1.807, 2.05) is 0 Å². The third kappa shape index (κ3) is 4.78. The van der Waals surface area contributed by atoms with Crippen molar-refractivity contribution in [3.8, 4) is 0 Å². The Morgan fingerprint density at radius 1 is 1.28 bits per heavy atom. The number of carbonyl (C=O) groups excluding carboxylic acids is 1. The maximum Gasteiger partial charge on any atom is 0.410 e. The topological polar surface area (TPSA) is 75.7 Å². The van der Waals surface area contributed by atoms with Gasteiger partial charge >= 0.3 is 6.09 Å². The number of nitrogens with one attached hydrogen (secondary N) is 1. The molecule has 2 aliphatic heterocycles. The van der Waals surface area contributed by atoms with Crippen molar-refractivity contribution in [2.75, 3.05) is 32.4 Å². The molecular weight excluding hydrogens is 387 g/mol. The van der Waals surface area contributed by atoms with E-state index in [9.17, 15) is 13.2 Å². The molecule has 0 unspecified atom stereocenters. The third-order valence-corrected chi connectivity index (χ3v) is 6.11. The summed E-state index contributed by atoms with van der Waals surface area (Å²) in [7, 11) is -3.36. The minimum absolute atomic E-state index is 0. The summed E-state index contributed by atoms with van der Waals surface area (Å²) < 4.78 is 28.6. The molecule has 3 rings (SSSR count). The summed E-state index contributed by atoms with van der Waals surface area (Å²) in [5, 5.41) is 3.60. The van der Waals surface area contributed by atoms with Gasteiger partial charge in [0.2, 0.25) is 0 Å². The van der Waals surface area contributed by atoms with Crippen molar-refractivity contribution in [3.05, 3.63) is 28.8 Å². The van der Waals surface area contributed by atoms with Crippen LogP contribution in [-0.2, 0) is 21.2 Å². The molecule has 0 atom stereocenters. The van der Waals surface area contributed by atoms with E-state index in [-0.39, 0.29) is 30.0 Å². The molecule has 1 aromatic rings. The second-order valence-electron chi connectivity index (χ2n) is 6.71. The Bertz CT molecular complexity index is 741. The van der Waals surface area contributed by atoms with E-state index in [0.717, 1.165) is 32.2 Å². The van der Waals surface area contributed by atoms with Gasteiger partial charge in [-0.2, -0.15) is 0 Å². The first kappa shape index (κ1) is 20.3. The van der Waals surface area contributed by atoms with Crippen LogP contribution in [0.5, 0.6) is 0 Å². The maximum absolute atomic E-state index is 12.2. The van der Waals surface area contributed by atoms with E-state index in [1.165, 1.54) is 12.1 Å². The summed E-state index contributed by atoms with van der Waals surface area (Å²) in [5.41, 5.74) is 0.932. The largest absolute Gasteiger partial charge is 0.445 e. The molecule has 0 aliphatic carbocycles. The molecule has 0 bridgehead atoms. The highest BCUT2D eigenvalue weighted by molar-refractivity contribution is 7.90. The molecule has 1 aromatic carbocycles. The van der Waals surface area contributed by atoms with Crippen molar-refractivity contribution in [1.82, 2.24) is 10.2 Å². The number of sulfone groups is 1. The van der Waals surface area contributed by atoms with Crippen LogP contribution in [0, 0.1) is 5.41 Å². The van der Waals surface area contributed by atoms with Crippen molar-refractivity contribution in [2.45, 2.75) is 24.3 Å². The van der Waals surface area contributed by atoms with Crippen molar-refractivity contribution in [1.29, 1.82) is 0 Å². The highest BCUT2D eigenvalue weighted by Gasteiger charge is 2.40. The van der Waals surface area contributed by atoms with E-state index in [2.05, 4.69) is 5.32 Å². The predicted molar refractivity (Wildman–Crippen MR) is 98.1 cm³/mol. The van der Waals surface area contributed by atoms with Gasteiger partial charge in [-0.05, 0) is 42.0 Å². The van der Waals surface area contributed by atoms with Gasteiger partial charge in [-0.3, -0.25) is 0 Å². The summed E-state index contributed by atoms with van der Waals surface area (Å²) in [5.74, 6) is 0. The number of amides is 1. The van der Waals surface area contributed by atoms with E-state index in [4.69, 9.17) is 16.3 Å². The summed E-state index contributed by atoms with van der Waals surface area (Å²) in [6.07, 6.45) is 2.74. The highest BCUT2D eigenvalue weighted by Crippen LogP contribution is 2.35. The number of rotatable bonds is 3. The van der Waals surface area contributed by atoms with Gasteiger partial charge in [-0.25, -0.2) is 13.2 Å². The first-order valence-corrected chi connectivity index (χ1v) is 10.2. The molecule has 2 saturated heterocycles. The molecule has 1 amide bonds. The molecule has 140 valence electrons. The third-order valence-electron chi connectivity index (χ3n) is 4.80. The number of benzene rings is 1. The Kier molecular flexibility index (Phi) is 6.25. The van der Waals surface area contributed by atoms with Crippen molar-refractivity contribution >= 4 is 39.9 Å². The molecular formula is C16H22Cl2N2O4S. The van der Waals surface area contributed by atoms with Crippen LogP contribution in [-0.4, -0.2) is 51.8 Å². The van der Waals surface area contributed by atoms with Crippen LogP contribution in [0.1, 0.15) is 18.4 Å². The Morgan fingerprint density at radius 3 is 2.44 bits per heavy atom. The smallest absolute Gasteiger partial charge is 0.410 e. The van der Waals surface area contributed by atoms with Gasteiger partial charge < -0.3 is 15.0 Å². The molecule has 1 spiro atoms. The molecule has 0 aromatic heterocycles. The highest BCUT2D eigenvalue weighted by atomic mass is 35.5. The summed E-state index contributed by atoms with van der Waals surface area (Å²) >= 11 is 5.95. The minimum Gasteiger partial charge on any atom is -0.445 e. The second-order valence-corrected chi connectivity index (χ2v) is 9.16. The Morgan fingerprint density at radius 2 is 1.92 bits per heavy atom. The van der Waals surface area contributed by atoms with Crippen LogP contribution in [0.2, 0.25) is 5.02 Å². The molecule has 1 N–H and O–H groups in total. The van der Waals surface area contributed by atoms with Gasteiger partial charge in [0, 0.05) is 37.5 Å². The van der Waals surface area contributed by atoms with Crippen LogP contribution in [0.4, 0.5) is 4.79 Å². The monoisotopic (exact) mass is 408 g/mol. The maximum atomic E-state index is 12.2. The predicted octanol–water partition coefficient (Wildman–Crippen LogP) is 2.49. The van der Waals surface area contributed by atoms with Crippen molar-refractivity contribution in [3.63, 3.8) is 0 Å². The molecule has 2 fully saturated rings. The zero-order valence-corrected chi connectivity index (χ0v) is 16.3. The Hall–Kier alpha value is -1.02. The number of hydrogen-bond acceptors (Lipinski definition) is 5. The number of piperidine rings is 1. The van der Waals surface area contributed by atoms with E-state index >= 15 is 0 Å². The van der Waals surface area contributed by atoms with E-state index < -0.39 is 9.84 Å². The Balaban J connectivity index is 0.00000225. The van der Waals surface area contributed by atoms with Crippen molar-refractivity contribution < 1.29 is 17.9 Å². The first-order valence-electron chi connectivity index (χ1n) is 7.89. The van der Waals surface area contributed by atoms with Gasteiger partial charge in [0.15, 0.2) is 9.84 Å². The molecule has 9 heteroatoms. The van der Waals surface area contributed by atoms with Crippen molar-refractivity contribution in [2.24, 2.45) is 5.41 Å². The molecule has 2 heterocycles.